The van der Waals surface area contributed by atoms with Gasteiger partial charge in [0, 0.05) is 5.56 Å². The molecule has 2 aromatic carbocycles. The zero-order valence-corrected chi connectivity index (χ0v) is 17.3. The average molecular weight is 416 g/mol. The van der Waals surface area contributed by atoms with Crippen molar-refractivity contribution in [1.82, 2.24) is 16.2 Å². The van der Waals surface area contributed by atoms with Gasteiger partial charge in [0.1, 0.15) is 11.5 Å². The van der Waals surface area contributed by atoms with Crippen LogP contribution in [0.15, 0.2) is 48.5 Å². The van der Waals surface area contributed by atoms with Gasteiger partial charge in [-0.15, -0.1) is 0 Å². The van der Waals surface area contributed by atoms with Gasteiger partial charge in [0.2, 0.25) is 0 Å². The highest BCUT2D eigenvalue weighted by Crippen LogP contribution is 2.16. The Morgan fingerprint density at radius 1 is 1.03 bits per heavy atom. The summed E-state index contributed by atoms with van der Waals surface area (Å²) in [5, 5.41) is 2.47. The molecule has 0 spiro atoms. The minimum atomic E-state index is -0.434. The number of aryl methyl sites for hydroxylation is 1. The number of carbonyl (C=O) groups is 2. The second-order valence-corrected chi connectivity index (χ2v) is 6.65. The summed E-state index contributed by atoms with van der Waals surface area (Å²) in [6, 6.07) is 14.2. The Balaban J connectivity index is 1.75. The van der Waals surface area contributed by atoms with Crippen molar-refractivity contribution >= 4 is 29.1 Å². The van der Waals surface area contributed by atoms with Crippen LogP contribution in [0.5, 0.6) is 11.5 Å². The van der Waals surface area contributed by atoms with Gasteiger partial charge >= 0.3 is 0 Å². The summed E-state index contributed by atoms with van der Waals surface area (Å²) in [6.07, 6.45) is 1.97. The second-order valence-electron chi connectivity index (χ2n) is 6.24. The summed E-state index contributed by atoms with van der Waals surface area (Å²) in [6.45, 7) is 4.37. The van der Waals surface area contributed by atoms with Gasteiger partial charge in [0.05, 0.1) is 6.61 Å². The molecular weight excluding hydrogens is 390 g/mol. The molecule has 3 N–H and O–H groups in total. The first-order valence-corrected chi connectivity index (χ1v) is 9.72. The molecule has 0 radical (unpaired) electrons. The van der Waals surface area contributed by atoms with E-state index in [4.69, 9.17) is 21.7 Å². The molecule has 0 fully saturated rings. The third kappa shape index (κ3) is 7.79. The molecule has 154 valence electrons. The first kappa shape index (κ1) is 22.2. The molecule has 0 unspecified atom stereocenters. The Kier molecular flexibility index (Phi) is 8.91. The van der Waals surface area contributed by atoms with E-state index < -0.39 is 11.8 Å². The van der Waals surface area contributed by atoms with Crippen LogP contribution in [0.25, 0.3) is 0 Å². The molecule has 0 aliphatic carbocycles. The van der Waals surface area contributed by atoms with Crippen LogP contribution in [0.1, 0.15) is 35.7 Å². The molecule has 2 rings (SSSR count). The van der Waals surface area contributed by atoms with Crippen LogP contribution in [-0.4, -0.2) is 30.1 Å². The standard InChI is InChI=1S/C21H25N3O4S/c1-3-4-12-27-17-10-7-9-16(13-17)20(26)22-21(29)24-23-19(25)14-28-18-11-6-5-8-15(18)2/h5-11,13H,3-4,12,14H2,1-2H3,(H,23,25)(H2,22,24,26,29). The number of thiocarbonyl (C=S) groups is 1. The van der Waals surface area contributed by atoms with Gasteiger partial charge < -0.3 is 9.47 Å². The molecule has 0 heterocycles. The van der Waals surface area contributed by atoms with Crippen molar-refractivity contribution in [3.05, 3.63) is 59.7 Å². The number of rotatable bonds is 8. The lowest BCUT2D eigenvalue weighted by Gasteiger charge is -2.12. The van der Waals surface area contributed by atoms with Gasteiger partial charge in [0.25, 0.3) is 11.8 Å². The van der Waals surface area contributed by atoms with Gasteiger partial charge in [-0.3, -0.25) is 25.8 Å². The highest BCUT2D eigenvalue weighted by Gasteiger charge is 2.10. The van der Waals surface area contributed by atoms with Gasteiger partial charge in [-0.25, -0.2) is 0 Å². The van der Waals surface area contributed by atoms with Crippen LogP contribution in [-0.2, 0) is 4.79 Å². The molecule has 8 heteroatoms. The largest absolute Gasteiger partial charge is 0.494 e. The number of hydrogen-bond acceptors (Lipinski definition) is 5. The van der Waals surface area contributed by atoms with E-state index in [0.29, 0.717) is 23.7 Å². The maximum Gasteiger partial charge on any atom is 0.276 e. The van der Waals surface area contributed by atoms with Crippen LogP contribution in [0.2, 0.25) is 0 Å². The summed E-state index contributed by atoms with van der Waals surface area (Å²) >= 11 is 5.04. The molecule has 0 aromatic heterocycles. The molecule has 0 aliphatic rings. The number of amides is 2. The summed E-state index contributed by atoms with van der Waals surface area (Å²) in [4.78, 5) is 24.2. The fourth-order valence-corrected chi connectivity index (χ4v) is 2.44. The first-order valence-electron chi connectivity index (χ1n) is 9.31. The number of hydrazine groups is 1. The highest BCUT2D eigenvalue weighted by molar-refractivity contribution is 7.80. The van der Waals surface area contributed by atoms with E-state index in [9.17, 15) is 9.59 Å². The Morgan fingerprint density at radius 3 is 2.59 bits per heavy atom. The quantitative estimate of drug-likeness (QED) is 0.349. The number of ether oxygens (including phenoxy) is 2. The number of para-hydroxylation sites is 1. The van der Waals surface area contributed by atoms with Crippen molar-refractivity contribution in [1.29, 1.82) is 0 Å². The van der Waals surface area contributed by atoms with Crippen LogP contribution < -0.4 is 25.6 Å². The second kappa shape index (κ2) is 11.7. The lowest BCUT2D eigenvalue weighted by Crippen LogP contribution is -2.49. The molecule has 0 saturated carbocycles. The van der Waals surface area contributed by atoms with E-state index >= 15 is 0 Å². The van der Waals surface area contributed by atoms with Crippen LogP contribution in [0.4, 0.5) is 0 Å². The predicted octanol–water partition coefficient (Wildman–Crippen LogP) is 2.89. The van der Waals surface area contributed by atoms with E-state index in [1.54, 1.807) is 30.3 Å². The molecule has 2 aromatic rings. The number of carbonyl (C=O) groups excluding carboxylic acids is 2. The number of hydrogen-bond donors (Lipinski definition) is 3. The monoisotopic (exact) mass is 415 g/mol. The number of nitrogens with one attached hydrogen (secondary N) is 3. The maximum atomic E-state index is 12.3. The van der Waals surface area contributed by atoms with E-state index in [0.717, 1.165) is 18.4 Å². The smallest absolute Gasteiger partial charge is 0.276 e. The maximum absolute atomic E-state index is 12.3. The van der Waals surface area contributed by atoms with Crippen LogP contribution >= 0.6 is 12.2 Å². The van der Waals surface area contributed by atoms with Crippen molar-refractivity contribution in [2.75, 3.05) is 13.2 Å². The average Bonchev–Trinajstić information content (AvgIpc) is 2.72. The van der Waals surface area contributed by atoms with Gasteiger partial charge in [-0.2, -0.15) is 0 Å². The third-order valence-corrected chi connectivity index (χ3v) is 4.06. The summed E-state index contributed by atoms with van der Waals surface area (Å²) in [5.74, 6) is 0.399. The van der Waals surface area contributed by atoms with E-state index in [1.165, 1.54) is 0 Å². The van der Waals surface area contributed by atoms with E-state index in [1.807, 2.05) is 25.1 Å². The van der Waals surface area contributed by atoms with Crippen molar-refractivity contribution in [2.45, 2.75) is 26.7 Å². The highest BCUT2D eigenvalue weighted by atomic mass is 32.1. The van der Waals surface area contributed by atoms with Crippen molar-refractivity contribution in [3.8, 4) is 11.5 Å². The number of unbranched alkanes of at least 4 members (excludes halogenated alkanes) is 1. The van der Waals surface area contributed by atoms with Gasteiger partial charge in [-0.1, -0.05) is 37.6 Å². The Morgan fingerprint density at radius 2 is 1.83 bits per heavy atom. The minimum Gasteiger partial charge on any atom is -0.494 e. The molecule has 0 aliphatic heterocycles. The van der Waals surface area contributed by atoms with Crippen molar-refractivity contribution in [2.24, 2.45) is 0 Å². The van der Waals surface area contributed by atoms with Crippen LogP contribution in [0, 0.1) is 6.92 Å². The van der Waals surface area contributed by atoms with Crippen LogP contribution in [0.3, 0.4) is 0 Å². The SMILES string of the molecule is CCCCOc1cccc(C(=O)NC(=S)NNC(=O)COc2ccccc2C)c1. The Labute approximate surface area is 175 Å². The first-order chi connectivity index (χ1) is 14.0. The summed E-state index contributed by atoms with van der Waals surface area (Å²) in [7, 11) is 0. The van der Waals surface area contributed by atoms with E-state index in [2.05, 4.69) is 23.1 Å². The molecule has 0 saturated heterocycles. The van der Waals surface area contributed by atoms with Crippen molar-refractivity contribution < 1.29 is 19.1 Å². The molecule has 2 amide bonds. The normalized spacial score (nSPS) is 10.0. The fraction of sp³-hybridized carbons (Fsp3) is 0.286. The molecule has 7 nitrogen and oxygen atoms in total. The van der Waals surface area contributed by atoms with E-state index in [-0.39, 0.29) is 11.7 Å². The summed E-state index contributed by atoms with van der Waals surface area (Å²) < 4.78 is 11.0. The molecule has 0 atom stereocenters. The predicted molar refractivity (Wildman–Crippen MR) is 115 cm³/mol. The molecule has 0 bridgehead atoms. The molecular formula is C21H25N3O4S. The lowest BCUT2D eigenvalue weighted by molar-refractivity contribution is -0.123. The lowest BCUT2D eigenvalue weighted by atomic mass is 10.2. The Bertz CT molecular complexity index is 857. The third-order valence-electron chi connectivity index (χ3n) is 3.86. The zero-order valence-electron chi connectivity index (χ0n) is 16.5. The Hall–Kier alpha value is -3.13. The topological polar surface area (TPSA) is 88.7 Å². The summed E-state index contributed by atoms with van der Waals surface area (Å²) in [5.41, 5.74) is 6.19. The molecule has 29 heavy (non-hydrogen) atoms. The van der Waals surface area contributed by atoms with Crippen molar-refractivity contribution in [3.63, 3.8) is 0 Å². The fourth-order valence-electron chi connectivity index (χ4n) is 2.29. The minimum absolute atomic E-state index is 0.0310. The van der Waals surface area contributed by atoms with Gasteiger partial charge in [0.15, 0.2) is 11.7 Å². The van der Waals surface area contributed by atoms with Gasteiger partial charge in [-0.05, 0) is 55.4 Å². The zero-order chi connectivity index (χ0) is 21.1. The number of benzene rings is 2.